The number of hydrogen-bond acceptors (Lipinski definition) is 4. The van der Waals surface area contributed by atoms with Crippen LogP contribution < -0.4 is 11.1 Å². The summed E-state index contributed by atoms with van der Waals surface area (Å²) in [5.41, 5.74) is 5.94. The number of hydrogen-bond donors (Lipinski definition) is 2. The molecular formula is C11H9ClFN3OS. The zero-order valence-electron chi connectivity index (χ0n) is 9.11. The van der Waals surface area contributed by atoms with Gasteiger partial charge in [-0.05, 0) is 23.8 Å². The number of amides is 1. The van der Waals surface area contributed by atoms with E-state index in [1.807, 2.05) is 0 Å². The van der Waals surface area contributed by atoms with Gasteiger partial charge >= 0.3 is 0 Å². The second kappa shape index (κ2) is 5.32. The first-order valence-electron chi connectivity index (χ1n) is 4.99. The van der Waals surface area contributed by atoms with E-state index in [0.29, 0.717) is 20.6 Å². The fourth-order valence-corrected chi connectivity index (χ4v) is 2.12. The number of nitrogen functional groups attached to an aromatic ring is 1. The molecule has 18 heavy (non-hydrogen) atoms. The fraction of sp³-hybridized carbons (Fsp3) is 0.0909. The molecule has 0 bridgehead atoms. The van der Waals surface area contributed by atoms with Gasteiger partial charge in [0.15, 0.2) is 5.13 Å². The summed E-state index contributed by atoms with van der Waals surface area (Å²) in [4.78, 5) is 15.9. The Hall–Kier alpha value is -1.66. The summed E-state index contributed by atoms with van der Waals surface area (Å²) >= 11 is 6.97. The van der Waals surface area contributed by atoms with Gasteiger partial charge in [0.2, 0.25) is 0 Å². The van der Waals surface area contributed by atoms with Crippen molar-refractivity contribution in [3.63, 3.8) is 0 Å². The molecule has 0 atom stereocenters. The number of nitrogens with two attached hydrogens (primary N) is 1. The van der Waals surface area contributed by atoms with Gasteiger partial charge in [0.05, 0.1) is 6.20 Å². The maximum absolute atomic E-state index is 13.0. The molecule has 2 aromatic rings. The molecule has 4 nitrogen and oxygen atoms in total. The molecule has 94 valence electrons. The van der Waals surface area contributed by atoms with E-state index in [4.69, 9.17) is 17.3 Å². The van der Waals surface area contributed by atoms with Crippen molar-refractivity contribution in [3.8, 4) is 0 Å². The van der Waals surface area contributed by atoms with Crippen molar-refractivity contribution in [2.45, 2.75) is 6.54 Å². The van der Waals surface area contributed by atoms with E-state index in [1.54, 1.807) is 0 Å². The monoisotopic (exact) mass is 285 g/mol. The third kappa shape index (κ3) is 2.96. The highest BCUT2D eigenvalue weighted by atomic mass is 35.5. The Labute approximate surface area is 112 Å². The molecule has 0 spiro atoms. The van der Waals surface area contributed by atoms with Gasteiger partial charge in [-0.15, -0.1) is 0 Å². The number of benzene rings is 1. The van der Waals surface area contributed by atoms with E-state index in [2.05, 4.69) is 10.3 Å². The topological polar surface area (TPSA) is 68.0 Å². The molecule has 1 aromatic heterocycles. The number of thiazole rings is 1. The number of nitrogens with one attached hydrogen (secondary N) is 1. The Morgan fingerprint density at radius 2 is 2.33 bits per heavy atom. The zero-order valence-corrected chi connectivity index (χ0v) is 10.7. The Kier molecular flexibility index (Phi) is 3.78. The van der Waals surface area contributed by atoms with Crippen molar-refractivity contribution in [1.82, 2.24) is 10.3 Å². The Morgan fingerprint density at radius 1 is 1.56 bits per heavy atom. The van der Waals surface area contributed by atoms with Crippen molar-refractivity contribution >= 4 is 34.0 Å². The minimum atomic E-state index is -0.398. The molecule has 3 N–H and O–H groups in total. The lowest BCUT2D eigenvalue weighted by molar-refractivity contribution is 0.0954. The number of carbonyl (C=O) groups excluding carboxylic acids is 1. The van der Waals surface area contributed by atoms with Crippen LogP contribution >= 0.6 is 22.9 Å². The number of anilines is 1. The fourth-order valence-electron chi connectivity index (χ4n) is 1.33. The molecule has 0 radical (unpaired) electrons. The molecule has 0 saturated heterocycles. The van der Waals surface area contributed by atoms with Gasteiger partial charge in [-0.25, -0.2) is 9.37 Å². The summed E-state index contributed by atoms with van der Waals surface area (Å²) in [5, 5.41) is 3.35. The number of carbonyl (C=O) groups is 1. The number of halogens is 2. The standard InChI is InChI=1S/C11H9ClFN3OS/c12-8-2-1-7(13)3-6(8)4-15-10(17)9-5-16-11(14)18-9/h1-3,5H,4H2,(H2,14,16)(H,15,17). The SMILES string of the molecule is Nc1ncc(C(=O)NCc2cc(F)ccc2Cl)s1. The first-order valence-corrected chi connectivity index (χ1v) is 6.19. The van der Waals surface area contributed by atoms with Crippen molar-refractivity contribution in [2.24, 2.45) is 0 Å². The molecule has 1 heterocycles. The van der Waals surface area contributed by atoms with Crippen LogP contribution in [0, 0.1) is 5.82 Å². The molecule has 0 fully saturated rings. The normalized spacial score (nSPS) is 10.3. The molecule has 0 unspecified atom stereocenters. The predicted molar refractivity (Wildman–Crippen MR) is 69.1 cm³/mol. The largest absolute Gasteiger partial charge is 0.375 e. The first kappa shape index (κ1) is 12.8. The van der Waals surface area contributed by atoms with Crippen molar-refractivity contribution in [3.05, 3.63) is 45.7 Å². The second-order valence-electron chi connectivity index (χ2n) is 3.48. The van der Waals surface area contributed by atoms with Gasteiger partial charge in [-0.3, -0.25) is 4.79 Å². The highest BCUT2D eigenvalue weighted by Crippen LogP contribution is 2.18. The maximum Gasteiger partial charge on any atom is 0.263 e. The first-order chi connectivity index (χ1) is 8.56. The van der Waals surface area contributed by atoms with Gasteiger partial charge in [0, 0.05) is 11.6 Å². The van der Waals surface area contributed by atoms with E-state index >= 15 is 0 Å². The molecule has 1 amide bonds. The van der Waals surface area contributed by atoms with Crippen LogP contribution in [0.25, 0.3) is 0 Å². The molecule has 7 heteroatoms. The van der Waals surface area contributed by atoms with E-state index in [0.717, 1.165) is 11.3 Å². The van der Waals surface area contributed by atoms with Gasteiger partial charge in [-0.1, -0.05) is 22.9 Å². The predicted octanol–water partition coefficient (Wildman–Crippen LogP) is 2.45. The van der Waals surface area contributed by atoms with Crippen LogP contribution in [0.5, 0.6) is 0 Å². The molecule has 1 aromatic carbocycles. The number of aromatic nitrogens is 1. The van der Waals surface area contributed by atoms with E-state index in [-0.39, 0.29) is 12.5 Å². The average Bonchev–Trinajstić information content (AvgIpc) is 2.77. The minimum Gasteiger partial charge on any atom is -0.375 e. The lowest BCUT2D eigenvalue weighted by Crippen LogP contribution is -2.22. The van der Waals surface area contributed by atoms with Crippen LogP contribution in [-0.4, -0.2) is 10.9 Å². The van der Waals surface area contributed by atoms with Crippen LogP contribution in [0.1, 0.15) is 15.2 Å². The van der Waals surface area contributed by atoms with E-state index in [9.17, 15) is 9.18 Å². The third-order valence-electron chi connectivity index (χ3n) is 2.19. The highest BCUT2D eigenvalue weighted by Gasteiger charge is 2.10. The molecule has 0 aliphatic rings. The summed E-state index contributed by atoms with van der Waals surface area (Å²) in [6, 6.07) is 3.99. The van der Waals surface area contributed by atoms with E-state index < -0.39 is 5.82 Å². The molecule has 0 aliphatic carbocycles. The number of nitrogens with zero attached hydrogens (tertiary/aromatic N) is 1. The lowest BCUT2D eigenvalue weighted by atomic mass is 10.2. The average molecular weight is 286 g/mol. The Bertz CT molecular complexity index is 587. The summed E-state index contributed by atoms with van der Waals surface area (Å²) in [7, 11) is 0. The molecular weight excluding hydrogens is 277 g/mol. The third-order valence-corrected chi connectivity index (χ3v) is 3.39. The van der Waals surface area contributed by atoms with Gasteiger partial charge < -0.3 is 11.1 Å². The Balaban J connectivity index is 2.03. The zero-order chi connectivity index (χ0) is 13.1. The summed E-state index contributed by atoms with van der Waals surface area (Å²) in [6.07, 6.45) is 1.39. The lowest BCUT2D eigenvalue weighted by Gasteiger charge is -2.05. The summed E-state index contributed by atoms with van der Waals surface area (Å²) < 4.78 is 13.0. The van der Waals surface area contributed by atoms with Crippen LogP contribution in [0.4, 0.5) is 9.52 Å². The van der Waals surface area contributed by atoms with Gasteiger partial charge in [-0.2, -0.15) is 0 Å². The van der Waals surface area contributed by atoms with Crippen molar-refractivity contribution in [1.29, 1.82) is 0 Å². The quantitative estimate of drug-likeness (QED) is 0.910. The van der Waals surface area contributed by atoms with Crippen LogP contribution in [0.15, 0.2) is 24.4 Å². The van der Waals surface area contributed by atoms with Gasteiger partial charge in [0.25, 0.3) is 5.91 Å². The van der Waals surface area contributed by atoms with E-state index in [1.165, 1.54) is 24.4 Å². The second-order valence-corrected chi connectivity index (χ2v) is 4.95. The smallest absolute Gasteiger partial charge is 0.263 e. The summed E-state index contributed by atoms with van der Waals surface area (Å²) in [5.74, 6) is -0.713. The number of rotatable bonds is 3. The van der Waals surface area contributed by atoms with Crippen molar-refractivity contribution < 1.29 is 9.18 Å². The molecule has 2 rings (SSSR count). The van der Waals surface area contributed by atoms with Crippen molar-refractivity contribution in [2.75, 3.05) is 5.73 Å². The van der Waals surface area contributed by atoms with Crippen LogP contribution in [-0.2, 0) is 6.54 Å². The highest BCUT2D eigenvalue weighted by molar-refractivity contribution is 7.17. The Morgan fingerprint density at radius 3 is 3.00 bits per heavy atom. The van der Waals surface area contributed by atoms with Gasteiger partial charge in [0.1, 0.15) is 10.7 Å². The summed E-state index contributed by atoms with van der Waals surface area (Å²) in [6.45, 7) is 0.146. The van der Waals surface area contributed by atoms with Crippen LogP contribution in [0.2, 0.25) is 5.02 Å². The maximum atomic E-state index is 13.0. The van der Waals surface area contributed by atoms with Crippen LogP contribution in [0.3, 0.4) is 0 Å². The molecule has 0 aliphatic heterocycles. The molecule has 0 saturated carbocycles. The minimum absolute atomic E-state index is 0.146.